The molecule has 0 unspecified atom stereocenters. The highest BCUT2D eigenvalue weighted by molar-refractivity contribution is 7.15. The van der Waals surface area contributed by atoms with Gasteiger partial charge in [-0.3, -0.25) is 4.79 Å². The quantitative estimate of drug-likeness (QED) is 0.391. The first-order valence-electron chi connectivity index (χ1n) is 10.8. The molecule has 1 fully saturated rings. The summed E-state index contributed by atoms with van der Waals surface area (Å²) in [5.74, 6) is -0.434. The van der Waals surface area contributed by atoms with Crippen LogP contribution in [0.15, 0.2) is 36.0 Å². The van der Waals surface area contributed by atoms with Gasteiger partial charge in [-0.2, -0.15) is 5.26 Å². The Morgan fingerprint density at radius 1 is 1.18 bits per heavy atom. The smallest absolute Gasteiger partial charge is 0.308 e. The van der Waals surface area contributed by atoms with Crippen LogP contribution in [0.5, 0.6) is 0 Å². The van der Waals surface area contributed by atoms with E-state index < -0.39 is 11.9 Å². The van der Waals surface area contributed by atoms with E-state index in [0.29, 0.717) is 10.7 Å². The van der Waals surface area contributed by atoms with Crippen molar-refractivity contribution >= 4 is 46.6 Å². The number of aryl methyl sites for hydroxylation is 2. The molecule has 0 bridgehead atoms. The fraction of sp³-hybridized carbons (Fsp3) is 0.240. The van der Waals surface area contributed by atoms with E-state index in [1.807, 2.05) is 19.9 Å². The summed E-state index contributed by atoms with van der Waals surface area (Å²) >= 11 is 7.72. The van der Waals surface area contributed by atoms with Gasteiger partial charge in [0.05, 0.1) is 11.3 Å². The number of hydrogen-bond donors (Lipinski definition) is 1. The zero-order valence-corrected chi connectivity index (χ0v) is 19.8. The van der Waals surface area contributed by atoms with E-state index in [9.17, 15) is 14.9 Å². The van der Waals surface area contributed by atoms with Crippen LogP contribution in [0.25, 0.3) is 11.1 Å². The van der Waals surface area contributed by atoms with E-state index in [0.717, 1.165) is 58.1 Å². The number of nitrogens with one attached hydrogen (secondary N) is 1. The summed E-state index contributed by atoms with van der Waals surface area (Å²) in [5.41, 5.74) is 5.27. The molecular weight excluding hydrogens is 456 g/mol. The number of nitriles is 1. The molecule has 6 nitrogen and oxygen atoms in total. The summed E-state index contributed by atoms with van der Waals surface area (Å²) in [6.07, 6.45) is 5.94. The van der Waals surface area contributed by atoms with Gasteiger partial charge in [-0.15, -0.1) is 11.3 Å². The van der Waals surface area contributed by atoms with Crippen LogP contribution in [-0.4, -0.2) is 16.5 Å². The van der Waals surface area contributed by atoms with Crippen molar-refractivity contribution in [2.24, 2.45) is 0 Å². The lowest BCUT2D eigenvalue weighted by molar-refractivity contribution is -0.113. The van der Waals surface area contributed by atoms with Crippen LogP contribution in [0.3, 0.4) is 0 Å². The van der Waals surface area contributed by atoms with Gasteiger partial charge in [0.25, 0.3) is 5.91 Å². The largest absolute Gasteiger partial charge is 0.333 e. The molecule has 3 amide bonds. The number of amides is 3. The fourth-order valence-corrected chi connectivity index (χ4v) is 6.25. The third-order valence-corrected chi connectivity index (χ3v) is 7.69. The number of carbonyl (C=O) groups excluding carboxylic acids is 2. The Hall–Kier alpha value is -3.34. The molecule has 166 valence electrons. The van der Waals surface area contributed by atoms with Crippen molar-refractivity contribution in [3.8, 4) is 11.1 Å². The van der Waals surface area contributed by atoms with Crippen LogP contribution < -0.4 is 10.2 Å². The van der Waals surface area contributed by atoms with Crippen molar-refractivity contribution in [2.45, 2.75) is 39.5 Å². The summed E-state index contributed by atoms with van der Waals surface area (Å²) < 4.78 is 2.09. The minimum atomic E-state index is -0.514. The number of anilines is 1. The first-order valence-corrected chi connectivity index (χ1v) is 11.9. The second-order valence-electron chi connectivity index (χ2n) is 8.27. The average Bonchev–Trinajstić information content (AvgIpc) is 3.38. The molecule has 1 aliphatic heterocycles. The molecule has 1 saturated heterocycles. The lowest BCUT2D eigenvalue weighted by atomic mass is 9.96. The molecule has 0 spiro atoms. The van der Waals surface area contributed by atoms with Crippen LogP contribution in [0.2, 0.25) is 5.02 Å². The zero-order chi connectivity index (χ0) is 23.3. The second-order valence-corrected chi connectivity index (χ2v) is 9.79. The number of nitrogens with zero attached hydrogens (tertiary/aromatic N) is 3. The minimum Gasteiger partial charge on any atom is -0.308 e. The molecule has 0 saturated carbocycles. The highest BCUT2D eigenvalue weighted by Crippen LogP contribution is 2.38. The van der Waals surface area contributed by atoms with Crippen LogP contribution in [0, 0.1) is 25.2 Å². The van der Waals surface area contributed by atoms with E-state index in [-0.39, 0.29) is 5.70 Å². The van der Waals surface area contributed by atoms with Gasteiger partial charge >= 0.3 is 6.03 Å². The van der Waals surface area contributed by atoms with Gasteiger partial charge in [0.15, 0.2) is 0 Å². The highest BCUT2D eigenvalue weighted by Gasteiger charge is 2.35. The molecular formula is C25H21ClN4O2S. The Morgan fingerprint density at radius 3 is 2.73 bits per heavy atom. The van der Waals surface area contributed by atoms with Crippen molar-refractivity contribution < 1.29 is 9.59 Å². The average molecular weight is 477 g/mol. The lowest BCUT2D eigenvalue weighted by Gasteiger charge is -2.11. The summed E-state index contributed by atoms with van der Waals surface area (Å²) in [5, 5.41) is 13.9. The normalized spacial score (nSPS) is 16.8. The SMILES string of the molecule is Cc1cc(/C=C2/NC(=O)N(c3cccc(Cl)c3)C2=O)c(C)n1-c1sc2c(c1C#N)CCCC2. The Balaban J connectivity index is 1.54. The topological polar surface area (TPSA) is 78.1 Å². The molecule has 1 aromatic carbocycles. The van der Waals surface area contributed by atoms with Crippen LogP contribution >= 0.6 is 22.9 Å². The standard InChI is InChI=1S/C25H21ClN4O2S/c1-14-10-16(11-21-23(31)30(25(32)28-21)18-7-5-6-17(26)12-18)15(2)29(14)24-20(13-27)19-8-3-4-9-22(19)33-24/h5-7,10-12H,3-4,8-9H2,1-2H3,(H,28,32)/b21-11+. The lowest BCUT2D eigenvalue weighted by Crippen LogP contribution is -2.30. The molecule has 0 radical (unpaired) electrons. The van der Waals surface area contributed by atoms with Crippen molar-refractivity contribution in [1.29, 1.82) is 5.26 Å². The Labute approximate surface area is 200 Å². The van der Waals surface area contributed by atoms with Gasteiger partial charge in [-0.05, 0) is 81.0 Å². The van der Waals surface area contributed by atoms with Crippen LogP contribution in [0.1, 0.15) is 45.8 Å². The number of hydrogen-bond acceptors (Lipinski definition) is 4. The van der Waals surface area contributed by atoms with Crippen molar-refractivity contribution in [2.75, 3.05) is 4.90 Å². The van der Waals surface area contributed by atoms with Crippen LogP contribution in [-0.2, 0) is 17.6 Å². The molecule has 1 N–H and O–H groups in total. The van der Waals surface area contributed by atoms with Gasteiger partial charge < -0.3 is 9.88 Å². The molecule has 33 heavy (non-hydrogen) atoms. The minimum absolute atomic E-state index is 0.200. The zero-order valence-electron chi connectivity index (χ0n) is 18.2. The van der Waals surface area contributed by atoms with E-state index in [4.69, 9.17) is 11.6 Å². The maximum absolute atomic E-state index is 13.0. The third kappa shape index (κ3) is 3.56. The Morgan fingerprint density at radius 2 is 1.97 bits per heavy atom. The third-order valence-electron chi connectivity index (χ3n) is 6.18. The maximum atomic E-state index is 13.0. The summed E-state index contributed by atoms with van der Waals surface area (Å²) in [4.78, 5) is 27.9. The number of carbonyl (C=O) groups is 2. The molecule has 8 heteroatoms. The first-order chi connectivity index (χ1) is 15.9. The molecule has 2 aromatic heterocycles. The van der Waals surface area contributed by atoms with Gasteiger partial charge in [-0.25, -0.2) is 9.69 Å². The predicted octanol–water partition coefficient (Wildman–Crippen LogP) is 5.66. The summed E-state index contributed by atoms with van der Waals surface area (Å²) in [6, 6.07) is 10.5. The van der Waals surface area contributed by atoms with Gasteiger partial charge in [0.2, 0.25) is 0 Å². The number of thiophene rings is 1. The predicted molar refractivity (Wildman–Crippen MR) is 130 cm³/mol. The monoisotopic (exact) mass is 476 g/mol. The Kier molecular flexibility index (Phi) is 5.35. The molecule has 3 aromatic rings. The van der Waals surface area contributed by atoms with Crippen molar-refractivity contribution in [1.82, 2.24) is 9.88 Å². The molecule has 3 heterocycles. The summed E-state index contributed by atoms with van der Waals surface area (Å²) in [7, 11) is 0. The highest BCUT2D eigenvalue weighted by atomic mass is 35.5. The van der Waals surface area contributed by atoms with Gasteiger partial charge in [-0.1, -0.05) is 17.7 Å². The second kappa shape index (κ2) is 8.22. The number of imide groups is 1. The first kappa shape index (κ1) is 21.5. The van der Waals surface area contributed by atoms with Crippen molar-refractivity contribution in [3.63, 3.8) is 0 Å². The molecule has 0 atom stereocenters. The maximum Gasteiger partial charge on any atom is 0.333 e. The molecule has 1 aliphatic carbocycles. The molecule has 5 rings (SSSR count). The van der Waals surface area contributed by atoms with E-state index in [1.54, 1.807) is 41.7 Å². The molecule has 2 aliphatic rings. The number of benzene rings is 1. The Bertz CT molecular complexity index is 1390. The van der Waals surface area contributed by atoms with E-state index >= 15 is 0 Å². The van der Waals surface area contributed by atoms with Gasteiger partial charge in [0.1, 0.15) is 16.8 Å². The number of fused-ring (bicyclic) bond motifs is 1. The van der Waals surface area contributed by atoms with Crippen molar-refractivity contribution in [3.05, 3.63) is 74.0 Å². The van der Waals surface area contributed by atoms with Crippen LogP contribution in [0.4, 0.5) is 10.5 Å². The van der Waals surface area contributed by atoms with Gasteiger partial charge in [0, 0.05) is 21.3 Å². The summed E-state index contributed by atoms with van der Waals surface area (Å²) in [6.45, 7) is 3.96. The van der Waals surface area contributed by atoms with E-state index in [1.165, 1.54) is 10.4 Å². The van der Waals surface area contributed by atoms with E-state index in [2.05, 4.69) is 16.0 Å². The number of urea groups is 1. The number of rotatable bonds is 3. The number of halogens is 1. The number of aromatic nitrogens is 1. The fourth-order valence-electron chi connectivity index (χ4n) is 4.61.